The Labute approximate surface area is 165 Å². The standard InChI is InChI=1S/C23H27FN2O2/c1-16-4-5-17(14-26-11-2-3-23(26)28)13-22(16)25-12-10-20(21(24)15-25)18-6-8-19(27)9-7-18/h4-9,13,20-21,27H,2-3,10-12,14-15H2,1H3/t20-,21+/m1/s1. The molecule has 2 aliphatic heterocycles. The van der Waals surface area contributed by atoms with E-state index in [1.165, 1.54) is 0 Å². The van der Waals surface area contributed by atoms with Crippen LogP contribution >= 0.6 is 0 Å². The molecule has 5 heteroatoms. The van der Waals surface area contributed by atoms with Crippen LogP contribution in [0.4, 0.5) is 10.1 Å². The van der Waals surface area contributed by atoms with E-state index in [9.17, 15) is 9.90 Å². The van der Waals surface area contributed by atoms with Crippen LogP contribution in [0.25, 0.3) is 0 Å². The fourth-order valence-electron chi connectivity index (χ4n) is 4.41. The fourth-order valence-corrected chi connectivity index (χ4v) is 4.41. The second-order valence-corrected chi connectivity index (χ2v) is 7.99. The minimum absolute atomic E-state index is 0.137. The molecule has 2 aliphatic rings. The van der Waals surface area contributed by atoms with Crippen LogP contribution in [0.3, 0.4) is 0 Å². The number of rotatable bonds is 4. The SMILES string of the molecule is Cc1ccc(CN2CCCC2=O)cc1N1CC[C@H](c2ccc(O)cc2)[C@@H](F)C1. The fraction of sp³-hybridized carbons (Fsp3) is 0.435. The van der Waals surface area contributed by atoms with Gasteiger partial charge in [-0.05, 0) is 54.7 Å². The van der Waals surface area contributed by atoms with Crippen LogP contribution in [0, 0.1) is 6.92 Å². The number of halogens is 1. The Bertz CT molecular complexity index is 852. The maximum atomic E-state index is 15.0. The number of piperidine rings is 1. The van der Waals surface area contributed by atoms with Crippen LogP contribution in [-0.4, -0.2) is 41.7 Å². The molecular weight excluding hydrogens is 355 g/mol. The number of hydrogen-bond acceptors (Lipinski definition) is 3. The molecule has 0 radical (unpaired) electrons. The van der Waals surface area contributed by atoms with Crippen molar-refractivity contribution in [1.82, 2.24) is 4.90 Å². The molecule has 4 rings (SSSR count). The zero-order valence-electron chi connectivity index (χ0n) is 16.3. The van der Waals surface area contributed by atoms with E-state index in [0.29, 0.717) is 19.5 Å². The van der Waals surface area contributed by atoms with Crippen molar-refractivity contribution in [3.05, 3.63) is 59.2 Å². The lowest BCUT2D eigenvalue weighted by Crippen LogP contribution is -2.41. The number of alkyl halides is 1. The van der Waals surface area contributed by atoms with Gasteiger partial charge in [-0.1, -0.05) is 24.3 Å². The Morgan fingerprint density at radius 2 is 1.93 bits per heavy atom. The van der Waals surface area contributed by atoms with Gasteiger partial charge < -0.3 is 14.9 Å². The van der Waals surface area contributed by atoms with Crippen molar-refractivity contribution in [3.63, 3.8) is 0 Å². The van der Waals surface area contributed by atoms with Gasteiger partial charge in [-0.25, -0.2) is 4.39 Å². The number of benzene rings is 2. The first kappa shape index (κ1) is 18.8. The zero-order chi connectivity index (χ0) is 19.7. The molecule has 0 spiro atoms. The van der Waals surface area contributed by atoms with Gasteiger partial charge in [0, 0.05) is 44.2 Å². The van der Waals surface area contributed by atoms with E-state index in [1.807, 2.05) is 17.0 Å². The average molecular weight is 382 g/mol. The molecule has 2 aromatic rings. The number of carbonyl (C=O) groups excluding carboxylic acids is 1. The van der Waals surface area contributed by atoms with E-state index in [-0.39, 0.29) is 17.6 Å². The second kappa shape index (κ2) is 7.82. The summed E-state index contributed by atoms with van der Waals surface area (Å²) >= 11 is 0. The maximum Gasteiger partial charge on any atom is 0.222 e. The summed E-state index contributed by atoms with van der Waals surface area (Å²) in [6, 6.07) is 13.2. The number of phenolic OH excluding ortho intramolecular Hbond substituents is 1. The Morgan fingerprint density at radius 3 is 2.61 bits per heavy atom. The van der Waals surface area contributed by atoms with Gasteiger partial charge in [0.15, 0.2) is 0 Å². The minimum Gasteiger partial charge on any atom is -0.508 e. The Hall–Kier alpha value is -2.56. The zero-order valence-corrected chi connectivity index (χ0v) is 16.3. The Balaban J connectivity index is 1.48. The van der Waals surface area contributed by atoms with E-state index < -0.39 is 6.17 Å². The summed E-state index contributed by atoms with van der Waals surface area (Å²) in [6.45, 7) is 4.67. The van der Waals surface area contributed by atoms with Gasteiger partial charge in [-0.2, -0.15) is 0 Å². The van der Waals surface area contributed by atoms with Crippen LogP contribution in [-0.2, 0) is 11.3 Å². The first-order valence-corrected chi connectivity index (χ1v) is 10.1. The summed E-state index contributed by atoms with van der Waals surface area (Å²) in [5.74, 6) is 0.295. The van der Waals surface area contributed by atoms with Crippen molar-refractivity contribution in [1.29, 1.82) is 0 Å². The van der Waals surface area contributed by atoms with Gasteiger partial charge in [0.25, 0.3) is 0 Å². The minimum atomic E-state index is -0.957. The van der Waals surface area contributed by atoms with E-state index >= 15 is 4.39 Å². The molecule has 2 fully saturated rings. The maximum absolute atomic E-state index is 15.0. The summed E-state index contributed by atoms with van der Waals surface area (Å²) in [5, 5.41) is 9.46. The number of aromatic hydroxyl groups is 1. The van der Waals surface area contributed by atoms with Gasteiger partial charge in [0.1, 0.15) is 11.9 Å². The molecular formula is C23H27FN2O2. The normalized spacial score (nSPS) is 22.7. The summed E-state index contributed by atoms with van der Waals surface area (Å²) < 4.78 is 15.0. The van der Waals surface area contributed by atoms with E-state index in [4.69, 9.17) is 0 Å². The monoisotopic (exact) mass is 382 g/mol. The second-order valence-electron chi connectivity index (χ2n) is 7.99. The van der Waals surface area contributed by atoms with Crippen molar-refractivity contribution < 1.29 is 14.3 Å². The molecule has 2 atom stereocenters. The highest BCUT2D eigenvalue weighted by Gasteiger charge is 2.31. The van der Waals surface area contributed by atoms with Gasteiger partial charge >= 0.3 is 0 Å². The van der Waals surface area contributed by atoms with Crippen molar-refractivity contribution in [2.24, 2.45) is 0 Å². The van der Waals surface area contributed by atoms with E-state index in [2.05, 4.69) is 30.0 Å². The smallest absolute Gasteiger partial charge is 0.222 e. The third-order valence-electron chi connectivity index (χ3n) is 6.02. The van der Waals surface area contributed by atoms with Gasteiger partial charge in [0.05, 0.1) is 0 Å². The van der Waals surface area contributed by atoms with Gasteiger partial charge in [0.2, 0.25) is 5.91 Å². The van der Waals surface area contributed by atoms with Crippen LogP contribution in [0.2, 0.25) is 0 Å². The van der Waals surface area contributed by atoms with E-state index in [1.54, 1.807) is 12.1 Å². The van der Waals surface area contributed by atoms with Crippen LogP contribution in [0.15, 0.2) is 42.5 Å². The molecule has 0 unspecified atom stereocenters. The quantitative estimate of drug-likeness (QED) is 0.864. The Morgan fingerprint density at radius 1 is 1.14 bits per heavy atom. The third kappa shape index (κ3) is 3.84. The average Bonchev–Trinajstić information content (AvgIpc) is 3.09. The Kier molecular flexibility index (Phi) is 5.25. The highest BCUT2D eigenvalue weighted by atomic mass is 19.1. The molecule has 0 saturated carbocycles. The predicted molar refractivity (Wildman–Crippen MR) is 108 cm³/mol. The van der Waals surface area contributed by atoms with Gasteiger partial charge in [-0.3, -0.25) is 4.79 Å². The summed E-state index contributed by atoms with van der Waals surface area (Å²) in [6.07, 6.45) is 1.36. The van der Waals surface area contributed by atoms with Crippen LogP contribution < -0.4 is 4.90 Å². The number of carbonyl (C=O) groups is 1. The van der Waals surface area contributed by atoms with Crippen LogP contribution in [0.5, 0.6) is 5.75 Å². The first-order chi connectivity index (χ1) is 13.5. The number of amides is 1. The molecule has 2 saturated heterocycles. The van der Waals surface area contributed by atoms with Crippen molar-refractivity contribution >= 4 is 11.6 Å². The summed E-state index contributed by atoms with van der Waals surface area (Å²) in [7, 11) is 0. The molecule has 0 aliphatic carbocycles. The van der Waals surface area contributed by atoms with Gasteiger partial charge in [-0.15, -0.1) is 0 Å². The molecule has 0 aromatic heterocycles. The van der Waals surface area contributed by atoms with Crippen molar-refractivity contribution in [3.8, 4) is 5.75 Å². The molecule has 0 bridgehead atoms. The van der Waals surface area contributed by atoms with Crippen molar-refractivity contribution in [2.45, 2.75) is 44.8 Å². The van der Waals surface area contributed by atoms with Crippen LogP contribution in [0.1, 0.15) is 41.9 Å². The molecule has 4 nitrogen and oxygen atoms in total. The summed E-state index contributed by atoms with van der Waals surface area (Å²) in [4.78, 5) is 16.0. The van der Waals surface area contributed by atoms with E-state index in [0.717, 1.165) is 48.3 Å². The largest absolute Gasteiger partial charge is 0.508 e. The molecule has 1 amide bonds. The third-order valence-corrected chi connectivity index (χ3v) is 6.02. The lowest BCUT2D eigenvalue weighted by Gasteiger charge is -2.37. The topological polar surface area (TPSA) is 43.8 Å². The number of anilines is 1. The highest BCUT2D eigenvalue weighted by Crippen LogP contribution is 2.34. The number of aryl methyl sites for hydroxylation is 1. The predicted octanol–water partition coefficient (Wildman–Crippen LogP) is 4.16. The van der Waals surface area contributed by atoms with Crippen molar-refractivity contribution in [2.75, 3.05) is 24.5 Å². The number of hydrogen-bond donors (Lipinski definition) is 1. The number of nitrogens with zero attached hydrogens (tertiary/aromatic N) is 2. The molecule has 28 heavy (non-hydrogen) atoms. The lowest BCUT2D eigenvalue weighted by atomic mass is 9.87. The lowest BCUT2D eigenvalue weighted by molar-refractivity contribution is -0.128. The number of phenols is 1. The molecule has 148 valence electrons. The highest BCUT2D eigenvalue weighted by molar-refractivity contribution is 5.78. The molecule has 1 N–H and O–H groups in total. The number of likely N-dealkylation sites (tertiary alicyclic amines) is 1. The first-order valence-electron chi connectivity index (χ1n) is 10.1. The molecule has 2 aromatic carbocycles. The summed E-state index contributed by atoms with van der Waals surface area (Å²) in [5.41, 5.74) is 4.25. The molecule has 2 heterocycles.